The molecule has 0 bridgehead atoms. The normalized spacial score (nSPS) is 20.6. The molecule has 1 atom stereocenters. The van der Waals surface area contributed by atoms with Crippen LogP contribution in [0, 0.1) is 5.92 Å². The predicted molar refractivity (Wildman–Crippen MR) is 112 cm³/mol. The van der Waals surface area contributed by atoms with Gasteiger partial charge in [0.25, 0.3) is 0 Å². The third kappa shape index (κ3) is 4.30. The molecule has 2 fully saturated rings. The fourth-order valence-electron chi connectivity index (χ4n) is 4.51. The molecular formula is C22H26Cl2N2O. The van der Waals surface area contributed by atoms with Crippen LogP contribution in [0.1, 0.15) is 44.1 Å². The molecule has 27 heavy (non-hydrogen) atoms. The first-order valence-corrected chi connectivity index (χ1v) is 10.1. The number of hydrogen-bond acceptors (Lipinski definition) is 2. The summed E-state index contributed by atoms with van der Waals surface area (Å²) in [5.41, 5.74) is 3.22. The van der Waals surface area contributed by atoms with E-state index < -0.39 is 0 Å². The molecule has 0 N–H and O–H groups in total. The van der Waals surface area contributed by atoms with Gasteiger partial charge in [0.05, 0.1) is 0 Å². The molecule has 5 heteroatoms. The van der Waals surface area contributed by atoms with Gasteiger partial charge in [-0.05, 0) is 48.9 Å². The second kappa shape index (κ2) is 9.07. The number of amides is 1. The molecular weight excluding hydrogens is 379 g/mol. The summed E-state index contributed by atoms with van der Waals surface area (Å²) in [7, 11) is 0. The standard InChI is InChI=1S/C22H25ClN2O.ClH/c23-21-10-4-9-19(17-6-5-12-24-15-17)20(21)14-16-11-13-25(22(16)26)18-7-2-1-3-8-18;/h4-6,9-10,12,15-16,18H,1-3,7-8,11,13-14H2;1H. The number of carbonyl (C=O) groups excluding carboxylic acids is 1. The van der Waals surface area contributed by atoms with Crippen molar-refractivity contribution < 1.29 is 4.79 Å². The van der Waals surface area contributed by atoms with Gasteiger partial charge in [-0.25, -0.2) is 0 Å². The van der Waals surface area contributed by atoms with Gasteiger partial charge in [0, 0.05) is 41.5 Å². The van der Waals surface area contributed by atoms with Crippen molar-refractivity contribution in [1.82, 2.24) is 9.88 Å². The summed E-state index contributed by atoms with van der Waals surface area (Å²) in [5, 5.41) is 0.746. The number of aromatic nitrogens is 1. The molecule has 1 saturated carbocycles. The van der Waals surface area contributed by atoms with Crippen LogP contribution in [0.4, 0.5) is 0 Å². The highest BCUT2D eigenvalue weighted by atomic mass is 35.5. The van der Waals surface area contributed by atoms with Crippen molar-refractivity contribution in [2.45, 2.75) is 51.0 Å². The first-order valence-electron chi connectivity index (χ1n) is 9.72. The van der Waals surface area contributed by atoms with Gasteiger partial charge in [-0.2, -0.15) is 0 Å². The lowest BCUT2D eigenvalue weighted by molar-refractivity contribution is -0.133. The highest BCUT2D eigenvalue weighted by Gasteiger charge is 2.36. The maximum atomic E-state index is 13.0. The molecule has 1 saturated heterocycles. The summed E-state index contributed by atoms with van der Waals surface area (Å²) < 4.78 is 0. The predicted octanol–water partition coefficient (Wildman–Crippen LogP) is 5.55. The Morgan fingerprint density at radius 3 is 2.63 bits per heavy atom. The van der Waals surface area contributed by atoms with Crippen molar-refractivity contribution >= 4 is 29.9 Å². The molecule has 3 nitrogen and oxygen atoms in total. The Morgan fingerprint density at radius 2 is 1.89 bits per heavy atom. The number of likely N-dealkylation sites (tertiary alicyclic amines) is 1. The first kappa shape index (κ1) is 20.2. The second-order valence-corrected chi connectivity index (χ2v) is 7.93. The summed E-state index contributed by atoms with van der Waals surface area (Å²) in [6.07, 6.45) is 11.5. The van der Waals surface area contributed by atoms with Gasteiger partial charge in [0.1, 0.15) is 0 Å². The quantitative estimate of drug-likeness (QED) is 0.669. The van der Waals surface area contributed by atoms with Crippen molar-refractivity contribution in [2.24, 2.45) is 5.92 Å². The molecule has 1 unspecified atom stereocenters. The number of hydrogen-bond donors (Lipinski definition) is 0. The topological polar surface area (TPSA) is 33.2 Å². The Labute approximate surface area is 172 Å². The second-order valence-electron chi connectivity index (χ2n) is 7.52. The summed E-state index contributed by atoms with van der Waals surface area (Å²) in [4.78, 5) is 19.4. The minimum atomic E-state index is 0. The summed E-state index contributed by atoms with van der Waals surface area (Å²) in [6, 6.07) is 10.4. The number of pyridine rings is 1. The van der Waals surface area contributed by atoms with Gasteiger partial charge in [0.2, 0.25) is 5.91 Å². The van der Waals surface area contributed by atoms with E-state index in [2.05, 4.69) is 16.0 Å². The molecule has 144 valence electrons. The van der Waals surface area contributed by atoms with Gasteiger partial charge in [-0.1, -0.05) is 49.1 Å². The minimum absolute atomic E-state index is 0. The van der Waals surface area contributed by atoms with Crippen LogP contribution in [0.2, 0.25) is 5.02 Å². The van der Waals surface area contributed by atoms with E-state index in [1.807, 2.05) is 30.5 Å². The van der Waals surface area contributed by atoms with Crippen LogP contribution in [0.3, 0.4) is 0 Å². The van der Waals surface area contributed by atoms with Gasteiger partial charge in [-0.3, -0.25) is 9.78 Å². The number of nitrogens with zero attached hydrogens (tertiary/aromatic N) is 2. The summed E-state index contributed by atoms with van der Waals surface area (Å²) in [6.45, 7) is 0.904. The molecule has 4 rings (SSSR count). The Morgan fingerprint density at radius 1 is 1.07 bits per heavy atom. The largest absolute Gasteiger partial charge is 0.339 e. The maximum absolute atomic E-state index is 13.0. The number of carbonyl (C=O) groups is 1. The van der Waals surface area contributed by atoms with Crippen molar-refractivity contribution in [1.29, 1.82) is 0 Å². The van der Waals surface area contributed by atoms with E-state index in [9.17, 15) is 4.79 Å². The van der Waals surface area contributed by atoms with Crippen LogP contribution in [-0.4, -0.2) is 28.4 Å². The molecule has 1 aromatic heterocycles. The highest BCUT2D eigenvalue weighted by molar-refractivity contribution is 6.31. The third-order valence-corrected chi connectivity index (χ3v) is 6.26. The Hall–Kier alpha value is -1.58. The van der Waals surface area contributed by atoms with Crippen molar-refractivity contribution in [3.63, 3.8) is 0 Å². The van der Waals surface area contributed by atoms with E-state index in [4.69, 9.17) is 11.6 Å². The molecule has 1 aliphatic heterocycles. The molecule has 2 heterocycles. The first-order chi connectivity index (χ1) is 12.7. The molecule has 0 radical (unpaired) electrons. The SMILES string of the molecule is Cl.O=C1C(Cc2c(Cl)cccc2-c2cccnc2)CCN1C1CCCCC1. The van der Waals surface area contributed by atoms with Gasteiger partial charge < -0.3 is 4.90 Å². The number of halogens is 2. The lowest BCUT2D eigenvalue weighted by Gasteiger charge is -2.31. The van der Waals surface area contributed by atoms with Crippen LogP contribution < -0.4 is 0 Å². The fourth-order valence-corrected chi connectivity index (χ4v) is 4.76. The van der Waals surface area contributed by atoms with Gasteiger partial charge >= 0.3 is 0 Å². The van der Waals surface area contributed by atoms with Gasteiger partial charge in [0.15, 0.2) is 0 Å². The van der Waals surface area contributed by atoms with Crippen LogP contribution in [0.5, 0.6) is 0 Å². The molecule has 1 amide bonds. The Bertz CT molecular complexity index is 775. The molecule has 2 aliphatic rings. The smallest absolute Gasteiger partial charge is 0.226 e. The number of benzene rings is 1. The van der Waals surface area contributed by atoms with E-state index in [0.717, 1.165) is 34.7 Å². The maximum Gasteiger partial charge on any atom is 0.226 e. The van der Waals surface area contributed by atoms with Crippen LogP contribution in [0.25, 0.3) is 11.1 Å². The average molecular weight is 405 g/mol. The molecule has 2 aromatic rings. The van der Waals surface area contributed by atoms with E-state index in [1.54, 1.807) is 6.20 Å². The Balaban J connectivity index is 0.00000210. The zero-order valence-corrected chi connectivity index (χ0v) is 17.0. The van der Waals surface area contributed by atoms with E-state index in [1.165, 1.54) is 32.1 Å². The highest BCUT2D eigenvalue weighted by Crippen LogP contribution is 2.35. The monoisotopic (exact) mass is 404 g/mol. The molecule has 1 aromatic carbocycles. The van der Waals surface area contributed by atoms with Gasteiger partial charge in [-0.15, -0.1) is 12.4 Å². The van der Waals surface area contributed by atoms with Crippen molar-refractivity contribution in [2.75, 3.05) is 6.54 Å². The van der Waals surface area contributed by atoms with E-state index in [-0.39, 0.29) is 18.3 Å². The average Bonchev–Trinajstić information content (AvgIpc) is 3.05. The summed E-state index contributed by atoms with van der Waals surface area (Å²) in [5.74, 6) is 0.376. The Kier molecular flexibility index (Phi) is 6.78. The summed E-state index contributed by atoms with van der Waals surface area (Å²) >= 11 is 6.55. The van der Waals surface area contributed by atoms with Crippen LogP contribution in [-0.2, 0) is 11.2 Å². The van der Waals surface area contributed by atoms with E-state index in [0.29, 0.717) is 18.4 Å². The van der Waals surface area contributed by atoms with Crippen molar-refractivity contribution in [3.05, 3.63) is 53.3 Å². The van der Waals surface area contributed by atoms with Crippen molar-refractivity contribution in [3.8, 4) is 11.1 Å². The van der Waals surface area contributed by atoms with Crippen LogP contribution in [0.15, 0.2) is 42.7 Å². The fraction of sp³-hybridized carbons (Fsp3) is 0.455. The van der Waals surface area contributed by atoms with Crippen LogP contribution >= 0.6 is 24.0 Å². The zero-order valence-electron chi connectivity index (χ0n) is 15.4. The third-order valence-electron chi connectivity index (χ3n) is 5.91. The zero-order chi connectivity index (χ0) is 17.9. The number of rotatable bonds is 4. The van der Waals surface area contributed by atoms with E-state index >= 15 is 0 Å². The minimum Gasteiger partial charge on any atom is -0.339 e. The lowest BCUT2D eigenvalue weighted by Crippen LogP contribution is -2.39. The molecule has 0 spiro atoms. The molecule has 1 aliphatic carbocycles. The lowest BCUT2D eigenvalue weighted by atomic mass is 9.91.